The van der Waals surface area contributed by atoms with Gasteiger partial charge in [0, 0.05) is 36.4 Å². The highest BCUT2D eigenvalue weighted by Crippen LogP contribution is 2.26. The zero-order chi connectivity index (χ0) is 14.0. The maximum absolute atomic E-state index is 9.56. The molecule has 0 saturated carbocycles. The topological polar surface area (TPSA) is 55.7 Å². The lowest BCUT2D eigenvalue weighted by Gasteiger charge is -2.19. The lowest BCUT2D eigenvalue weighted by atomic mass is 10.2. The van der Waals surface area contributed by atoms with E-state index in [2.05, 4.69) is 19.2 Å². The minimum absolute atomic E-state index is 0.416. The fourth-order valence-corrected chi connectivity index (χ4v) is 2.41. The SMILES string of the molecule is CC(C)NCc1ccc(N2CC(O)C(O)C2)cc1Cl. The number of rotatable bonds is 4. The number of aliphatic hydroxyl groups excluding tert-OH is 2. The molecule has 19 heavy (non-hydrogen) atoms. The average molecular weight is 285 g/mol. The maximum Gasteiger partial charge on any atom is 0.0990 e. The van der Waals surface area contributed by atoms with Gasteiger partial charge in [-0.2, -0.15) is 0 Å². The van der Waals surface area contributed by atoms with Crippen molar-refractivity contribution >= 4 is 17.3 Å². The van der Waals surface area contributed by atoms with Gasteiger partial charge < -0.3 is 20.4 Å². The van der Waals surface area contributed by atoms with E-state index in [1.165, 1.54) is 0 Å². The van der Waals surface area contributed by atoms with Crippen LogP contribution in [-0.4, -0.2) is 41.6 Å². The average Bonchev–Trinajstić information content (AvgIpc) is 2.68. The van der Waals surface area contributed by atoms with Gasteiger partial charge in [-0.1, -0.05) is 31.5 Å². The summed E-state index contributed by atoms with van der Waals surface area (Å²) in [5, 5.41) is 23.2. The Bertz CT molecular complexity index is 429. The molecule has 4 nitrogen and oxygen atoms in total. The fraction of sp³-hybridized carbons (Fsp3) is 0.571. The molecule has 1 fully saturated rings. The summed E-state index contributed by atoms with van der Waals surface area (Å²) in [5.41, 5.74) is 1.99. The molecule has 106 valence electrons. The van der Waals surface area contributed by atoms with Gasteiger partial charge in [-0.3, -0.25) is 0 Å². The molecule has 0 spiro atoms. The van der Waals surface area contributed by atoms with E-state index < -0.39 is 12.2 Å². The molecule has 1 aromatic rings. The Morgan fingerprint density at radius 2 is 1.95 bits per heavy atom. The Labute approximate surface area is 119 Å². The molecular weight excluding hydrogens is 264 g/mol. The highest BCUT2D eigenvalue weighted by molar-refractivity contribution is 6.31. The first kappa shape index (κ1) is 14.6. The predicted molar refractivity (Wildman–Crippen MR) is 77.7 cm³/mol. The second kappa shape index (κ2) is 6.09. The number of hydrogen-bond donors (Lipinski definition) is 3. The quantitative estimate of drug-likeness (QED) is 0.782. The van der Waals surface area contributed by atoms with Crippen LogP contribution in [0.25, 0.3) is 0 Å². The molecule has 3 N–H and O–H groups in total. The molecule has 2 atom stereocenters. The van der Waals surface area contributed by atoms with Gasteiger partial charge in [0.2, 0.25) is 0 Å². The summed E-state index contributed by atoms with van der Waals surface area (Å²) in [4.78, 5) is 1.95. The number of β-amino-alcohol motifs (C(OH)–C–C–N with tert-alkyl or cyclic N) is 2. The molecule has 1 aliphatic heterocycles. The highest BCUT2D eigenvalue weighted by Gasteiger charge is 2.29. The van der Waals surface area contributed by atoms with Gasteiger partial charge in [0.05, 0.1) is 12.2 Å². The fourth-order valence-electron chi connectivity index (χ4n) is 2.17. The van der Waals surface area contributed by atoms with Crippen LogP contribution in [0.15, 0.2) is 18.2 Å². The third-order valence-electron chi connectivity index (χ3n) is 3.36. The van der Waals surface area contributed by atoms with Crippen molar-refractivity contribution in [2.45, 2.75) is 38.6 Å². The minimum Gasteiger partial charge on any atom is -0.389 e. The van der Waals surface area contributed by atoms with E-state index in [9.17, 15) is 10.2 Å². The van der Waals surface area contributed by atoms with Crippen LogP contribution in [0.5, 0.6) is 0 Å². The number of aliphatic hydroxyl groups is 2. The molecule has 1 heterocycles. The summed E-state index contributed by atoms with van der Waals surface area (Å²) in [6.45, 7) is 5.81. The molecule has 0 aliphatic carbocycles. The summed E-state index contributed by atoms with van der Waals surface area (Å²) in [7, 11) is 0. The van der Waals surface area contributed by atoms with Crippen molar-refractivity contribution in [2.75, 3.05) is 18.0 Å². The van der Waals surface area contributed by atoms with E-state index in [1.807, 2.05) is 23.1 Å². The standard InChI is InChI=1S/C14H21ClN2O2/c1-9(2)16-6-10-3-4-11(5-12(10)15)17-7-13(18)14(19)8-17/h3-5,9,13-14,16,18-19H,6-8H2,1-2H3. The van der Waals surface area contributed by atoms with Crippen LogP contribution in [0.2, 0.25) is 5.02 Å². The van der Waals surface area contributed by atoms with Gasteiger partial charge in [0.25, 0.3) is 0 Å². The van der Waals surface area contributed by atoms with Crippen molar-refractivity contribution in [1.82, 2.24) is 5.32 Å². The van der Waals surface area contributed by atoms with E-state index in [4.69, 9.17) is 11.6 Å². The lowest BCUT2D eigenvalue weighted by molar-refractivity contribution is 0.0572. The van der Waals surface area contributed by atoms with E-state index in [0.717, 1.165) is 17.8 Å². The van der Waals surface area contributed by atoms with Crippen LogP contribution in [0, 0.1) is 0 Å². The second-order valence-corrected chi connectivity index (χ2v) is 5.76. The van der Waals surface area contributed by atoms with Gasteiger partial charge in [0.1, 0.15) is 0 Å². The molecule has 5 heteroatoms. The smallest absolute Gasteiger partial charge is 0.0990 e. The lowest BCUT2D eigenvalue weighted by Crippen LogP contribution is -2.23. The van der Waals surface area contributed by atoms with Crippen LogP contribution in [0.3, 0.4) is 0 Å². The van der Waals surface area contributed by atoms with Crippen LogP contribution in [0.4, 0.5) is 5.69 Å². The Kier molecular flexibility index (Phi) is 4.68. The van der Waals surface area contributed by atoms with Crippen LogP contribution < -0.4 is 10.2 Å². The number of nitrogens with one attached hydrogen (secondary N) is 1. The first-order valence-corrected chi connectivity index (χ1v) is 6.98. The first-order chi connectivity index (χ1) is 8.97. The van der Waals surface area contributed by atoms with Crippen molar-refractivity contribution in [3.8, 4) is 0 Å². The molecule has 0 bridgehead atoms. The van der Waals surface area contributed by atoms with Crippen LogP contribution >= 0.6 is 11.6 Å². The van der Waals surface area contributed by atoms with Crippen LogP contribution in [-0.2, 0) is 6.54 Å². The molecule has 1 saturated heterocycles. The Morgan fingerprint density at radius 3 is 2.47 bits per heavy atom. The van der Waals surface area contributed by atoms with Gasteiger partial charge in [-0.05, 0) is 17.7 Å². The summed E-state index contributed by atoms with van der Waals surface area (Å²) in [6, 6.07) is 6.28. The van der Waals surface area contributed by atoms with E-state index in [-0.39, 0.29) is 0 Å². The predicted octanol–water partition coefficient (Wildman–Crippen LogP) is 1.38. The first-order valence-electron chi connectivity index (χ1n) is 6.60. The summed E-state index contributed by atoms with van der Waals surface area (Å²) in [6.07, 6.45) is -1.36. The largest absolute Gasteiger partial charge is 0.389 e. The van der Waals surface area contributed by atoms with E-state index in [0.29, 0.717) is 24.2 Å². The van der Waals surface area contributed by atoms with Gasteiger partial charge in [0.15, 0.2) is 0 Å². The van der Waals surface area contributed by atoms with Crippen molar-refractivity contribution in [3.63, 3.8) is 0 Å². The zero-order valence-corrected chi connectivity index (χ0v) is 12.1. The molecule has 0 radical (unpaired) electrons. The Hall–Kier alpha value is -0.810. The Balaban J connectivity index is 2.06. The summed E-state index contributed by atoms with van der Waals surface area (Å²) >= 11 is 6.27. The maximum atomic E-state index is 9.56. The van der Waals surface area contributed by atoms with Crippen molar-refractivity contribution in [3.05, 3.63) is 28.8 Å². The number of nitrogens with zero attached hydrogens (tertiary/aromatic N) is 1. The second-order valence-electron chi connectivity index (χ2n) is 5.35. The molecule has 0 amide bonds. The van der Waals surface area contributed by atoms with E-state index in [1.54, 1.807) is 0 Å². The van der Waals surface area contributed by atoms with Crippen LogP contribution in [0.1, 0.15) is 19.4 Å². The van der Waals surface area contributed by atoms with Gasteiger partial charge in [-0.15, -0.1) is 0 Å². The summed E-state index contributed by atoms with van der Waals surface area (Å²) < 4.78 is 0. The van der Waals surface area contributed by atoms with E-state index >= 15 is 0 Å². The number of anilines is 1. The minimum atomic E-state index is -0.680. The number of hydrogen-bond acceptors (Lipinski definition) is 4. The monoisotopic (exact) mass is 284 g/mol. The van der Waals surface area contributed by atoms with Crippen molar-refractivity contribution < 1.29 is 10.2 Å². The molecule has 0 aromatic heterocycles. The molecule has 1 aromatic carbocycles. The third kappa shape index (κ3) is 3.60. The third-order valence-corrected chi connectivity index (χ3v) is 3.71. The molecular formula is C14H21ClN2O2. The normalized spacial score (nSPS) is 23.4. The summed E-state index contributed by atoms with van der Waals surface area (Å²) in [5.74, 6) is 0. The van der Waals surface area contributed by atoms with Gasteiger partial charge in [-0.25, -0.2) is 0 Å². The highest BCUT2D eigenvalue weighted by atomic mass is 35.5. The molecule has 1 aliphatic rings. The van der Waals surface area contributed by atoms with Crippen molar-refractivity contribution in [1.29, 1.82) is 0 Å². The molecule has 2 unspecified atom stereocenters. The van der Waals surface area contributed by atoms with Crippen molar-refractivity contribution in [2.24, 2.45) is 0 Å². The number of halogens is 1. The Morgan fingerprint density at radius 1 is 1.32 bits per heavy atom. The number of benzene rings is 1. The van der Waals surface area contributed by atoms with Gasteiger partial charge >= 0.3 is 0 Å². The zero-order valence-electron chi connectivity index (χ0n) is 11.3. The molecule has 2 rings (SSSR count).